The van der Waals surface area contributed by atoms with E-state index in [0.29, 0.717) is 17.3 Å². The van der Waals surface area contributed by atoms with Crippen LogP contribution < -0.4 is 10.6 Å². The van der Waals surface area contributed by atoms with Crippen LogP contribution in [0.2, 0.25) is 5.02 Å². The average Bonchev–Trinajstić information content (AvgIpc) is 2.70. The summed E-state index contributed by atoms with van der Waals surface area (Å²) in [7, 11) is 0. The van der Waals surface area contributed by atoms with Gasteiger partial charge in [-0.25, -0.2) is 4.98 Å². The minimum atomic E-state index is -0.420. The Balaban J connectivity index is 1.67. The lowest BCUT2D eigenvalue weighted by atomic mass is 10.2. The Labute approximate surface area is 161 Å². The predicted octanol–water partition coefficient (Wildman–Crippen LogP) is 3.62. The SMILES string of the molecule is Cc1ccc(NC(=O)c2cccc(C(=O)NCc3cccnc3)n2)cc1Cl. The summed E-state index contributed by atoms with van der Waals surface area (Å²) in [6.45, 7) is 2.20. The molecule has 0 aliphatic heterocycles. The highest BCUT2D eigenvalue weighted by molar-refractivity contribution is 6.31. The number of halogens is 1. The number of pyridine rings is 2. The molecule has 2 heterocycles. The fourth-order valence-electron chi connectivity index (χ4n) is 2.33. The van der Waals surface area contributed by atoms with Gasteiger partial charge in [-0.3, -0.25) is 14.6 Å². The second-order valence-corrected chi connectivity index (χ2v) is 6.28. The van der Waals surface area contributed by atoms with E-state index in [1.165, 1.54) is 0 Å². The normalized spacial score (nSPS) is 10.3. The molecule has 3 rings (SSSR count). The summed E-state index contributed by atoms with van der Waals surface area (Å²) in [5, 5.41) is 6.04. The molecule has 0 aliphatic carbocycles. The van der Waals surface area contributed by atoms with Crippen LogP contribution in [0, 0.1) is 6.92 Å². The number of rotatable bonds is 5. The van der Waals surface area contributed by atoms with E-state index in [9.17, 15) is 9.59 Å². The van der Waals surface area contributed by atoms with Gasteiger partial charge in [0.05, 0.1) is 0 Å². The quantitative estimate of drug-likeness (QED) is 0.708. The molecule has 27 heavy (non-hydrogen) atoms. The van der Waals surface area contributed by atoms with Gasteiger partial charge in [0.25, 0.3) is 11.8 Å². The number of benzene rings is 1. The number of nitrogens with one attached hydrogen (secondary N) is 2. The number of aromatic nitrogens is 2. The van der Waals surface area contributed by atoms with E-state index in [0.717, 1.165) is 11.1 Å². The summed E-state index contributed by atoms with van der Waals surface area (Å²) in [6.07, 6.45) is 3.33. The third kappa shape index (κ3) is 4.89. The number of carbonyl (C=O) groups is 2. The molecule has 1 aromatic carbocycles. The van der Waals surface area contributed by atoms with Crippen molar-refractivity contribution < 1.29 is 9.59 Å². The van der Waals surface area contributed by atoms with Crippen molar-refractivity contribution in [1.29, 1.82) is 0 Å². The highest BCUT2D eigenvalue weighted by Crippen LogP contribution is 2.20. The van der Waals surface area contributed by atoms with E-state index in [-0.39, 0.29) is 17.3 Å². The molecule has 0 radical (unpaired) electrons. The maximum atomic E-state index is 12.4. The molecule has 0 bridgehead atoms. The van der Waals surface area contributed by atoms with E-state index in [1.54, 1.807) is 48.8 Å². The van der Waals surface area contributed by atoms with Gasteiger partial charge < -0.3 is 10.6 Å². The van der Waals surface area contributed by atoms with Gasteiger partial charge in [-0.2, -0.15) is 0 Å². The highest BCUT2D eigenvalue weighted by Gasteiger charge is 2.13. The molecule has 0 saturated heterocycles. The molecule has 2 aromatic heterocycles. The van der Waals surface area contributed by atoms with Crippen molar-refractivity contribution in [3.05, 3.63) is 88.5 Å². The Morgan fingerprint density at radius 3 is 2.52 bits per heavy atom. The van der Waals surface area contributed by atoms with E-state index < -0.39 is 5.91 Å². The summed E-state index contributed by atoms with van der Waals surface area (Å²) in [5.74, 6) is -0.788. The van der Waals surface area contributed by atoms with Crippen LogP contribution in [-0.4, -0.2) is 21.8 Å². The number of aryl methyl sites for hydroxylation is 1. The van der Waals surface area contributed by atoms with E-state index in [2.05, 4.69) is 20.6 Å². The minimum absolute atomic E-state index is 0.140. The summed E-state index contributed by atoms with van der Waals surface area (Å²) in [5.41, 5.74) is 2.65. The summed E-state index contributed by atoms with van der Waals surface area (Å²) >= 11 is 6.07. The molecule has 6 nitrogen and oxygen atoms in total. The van der Waals surface area contributed by atoms with Crippen LogP contribution in [-0.2, 0) is 6.54 Å². The number of carbonyl (C=O) groups excluding carboxylic acids is 2. The lowest BCUT2D eigenvalue weighted by molar-refractivity contribution is 0.0945. The fourth-order valence-corrected chi connectivity index (χ4v) is 2.51. The van der Waals surface area contributed by atoms with Crippen LogP contribution in [0.3, 0.4) is 0 Å². The molecular formula is C20H17ClN4O2. The highest BCUT2D eigenvalue weighted by atomic mass is 35.5. The molecule has 7 heteroatoms. The van der Waals surface area contributed by atoms with Crippen molar-refractivity contribution in [2.75, 3.05) is 5.32 Å². The Kier molecular flexibility index (Phi) is 5.78. The molecule has 0 aliphatic rings. The van der Waals surface area contributed by atoms with Crippen LogP contribution in [0.25, 0.3) is 0 Å². The fraction of sp³-hybridized carbons (Fsp3) is 0.100. The van der Waals surface area contributed by atoms with Gasteiger partial charge in [0, 0.05) is 29.6 Å². The number of hydrogen-bond donors (Lipinski definition) is 2. The first-order chi connectivity index (χ1) is 13.0. The lowest BCUT2D eigenvalue weighted by Crippen LogP contribution is -2.25. The summed E-state index contributed by atoms with van der Waals surface area (Å²) in [6, 6.07) is 13.6. The van der Waals surface area contributed by atoms with E-state index >= 15 is 0 Å². The zero-order chi connectivity index (χ0) is 19.2. The van der Waals surface area contributed by atoms with Crippen LogP contribution in [0.5, 0.6) is 0 Å². The number of hydrogen-bond acceptors (Lipinski definition) is 4. The van der Waals surface area contributed by atoms with Gasteiger partial charge in [0.1, 0.15) is 11.4 Å². The van der Waals surface area contributed by atoms with Crippen molar-refractivity contribution in [2.45, 2.75) is 13.5 Å². The molecule has 2 N–H and O–H groups in total. The van der Waals surface area contributed by atoms with Gasteiger partial charge in [-0.1, -0.05) is 29.8 Å². The minimum Gasteiger partial charge on any atom is -0.347 e. The molecule has 3 aromatic rings. The Bertz CT molecular complexity index is 977. The molecule has 0 fully saturated rings. The standard InChI is InChI=1S/C20H17ClN4O2/c1-13-7-8-15(10-16(13)21)24-20(27)18-6-2-5-17(25-18)19(26)23-12-14-4-3-9-22-11-14/h2-11H,12H2,1H3,(H,23,26)(H,24,27). The zero-order valence-electron chi connectivity index (χ0n) is 14.6. The molecule has 0 saturated carbocycles. The zero-order valence-corrected chi connectivity index (χ0v) is 15.3. The Hall–Kier alpha value is -3.25. The monoisotopic (exact) mass is 380 g/mol. The lowest BCUT2D eigenvalue weighted by Gasteiger charge is -2.08. The molecule has 136 valence electrons. The molecule has 0 spiro atoms. The number of nitrogens with zero attached hydrogens (tertiary/aromatic N) is 2. The second-order valence-electron chi connectivity index (χ2n) is 5.87. The summed E-state index contributed by atoms with van der Waals surface area (Å²) in [4.78, 5) is 32.8. The maximum Gasteiger partial charge on any atom is 0.274 e. The van der Waals surface area contributed by atoms with Gasteiger partial charge in [0.15, 0.2) is 0 Å². The van der Waals surface area contributed by atoms with Crippen molar-refractivity contribution in [3.63, 3.8) is 0 Å². The third-order valence-corrected chi connectivity index (χ3v) is 4.23. The van der Waals surface area contributed by atoms with Gasteiger partial charge >= 0.3 is 0 Å². The van der Waals surface area contributed by atoms with Gasteiger partial charge in [0.2, 0.25) is 0 Å². The van der Waals surface area contributed by atoms with Crippen LogP contribution in [0.4, 0.5) is 5.69 Å². The van der Waals surface area contributed by atoms with Crippen molar-refractivity contribution in [3.8, 4) is 0 Å². The van der Waals surface area contributed by atoms with Crippen LogP contribution >= 0.6 is 11.6 Å². The Morgan fingerprint density at radius 2 is 1.81 bits per heavy atom. The first kappa shape index (κ1) is 18.5. The molecular weight excluding hydrogens is 364 g/mol. The third-order valence-electron chi connectivity index (χ3n) is 3.82. The maximum absolute atomic E-state index is 12.4. The topological polar surface area (TPSA) is 84.0 Å². The largest absolute Gasteiger partial charge is 0.347 e. The number of anilines is 1. The predicted molar refractivity (Wildman–Crippen MR) is 104 cm³/mol. The molecule has 2 amide bonds. The number of amides is 2. The first-order valence-electron chi connectivity index (χ1n) is 8.24. The second kappa shape index (κ2) is 8.42. The van der Waals surface area contributed by atoms with Crippen LogP contribution in [0.15, 0.2) is 60.9 Å². The molecule has 0 unspecified atom stereocenters. The van der Waals surface area contributed by atoms with E-state index in [1.807, 2.05) is 19.1 Å². The van der Waals surface area contributed by atoms with Crippen molar-refractivity contribution >= 4 is 29.1 Å². The van der Waals surface area contributed by atoms with E-state index in [4.69, 9.17) is 11.6 Å². The Morgan fingerprint density at radius 1 is 1.04 bits per heavy atom. The first-order valence-corrected chi connectivity index (χ1v) is 8.62. The average molecular weight is 381 g/mol. The van der Waals surface area contributed by atoms with Crippen molar-refractivity contribution in [2.24, 2.45) is 0 Å². The summed E-state index contributed by atoms with van der Waals surface area (Å²) < 4.78 is 0. The van der Waals surface area contributed by atoms with Crippen LogP contribution in [0.1, 0.15) is 32.1 Å². The van der Waals surface area contributed by atoms with Gasteiger partial charge in [-0.15, -0.1) is 0 Å². The molecule has 0 atom stereocenters. The van der Waals surface area contributed by atoms with Gasteiger partial charge in [-0.05, 0) is 48.4 Å². The smallest absolute Gasteiger partial charge is 0.274 e. The van der Waals surface area contributed by atoms with Crippen molar-refractivity contribution in [1.82, 2.24) is 15.3 Å².